The molecule has 0 bridgehead atoms. The second-order valence-corrected chi connectivity index (χ2v) is 6.21. The van der Waals surface area contributed by atoms with Gasteiger partial charge in [0.1, 0.15) is 5.75 Å². The molecule has 4 nitrogen and oxygen atoms in total. The molecule has 5 heteroatoms. The second-order valence-electron chi connectivity index (χ2n) is 5.35. The van der Waals surface area contributed by atoms with Crippen LogP contribution in [0.2, 0.25) is 0 Å². The quantitative estimate of drug-likeness (QED) is 0.806. The minimum absolute atomic E-state index is 0.00883. The predicted molar refractivity (Wildman–Crippen MR) is 95.3 cm³/mol. The van der Waals surface area contributed by atoms with Crippen molar-refractivity contribution in [3.05, 3.63) is 64.1 Å². The highest BCUT2D eigenvalue weighted by molar-refractivity contribution is 9.10. The number of nitrogens with one attached hydrogen (secondary N) is 1. The van der Waals surface area contributed by atoms with Crippen molar-refractivity contribution in [2.45, 2.75) is 13.1 Å². The zero-order valence-electron chi connectivity index (χ0n) is 13.4. The number of hydrogen-bond acceptors (Lipinski definition) is 3. The molecule has 0 saturated carbocycles. The van der Waals surface area contributed by atoms with Crippen LogP contribution in [0.5, 0.6) is 5.75 Å². The van der Waals surface area contributed by atoms with Crippen LogP contribution in [0.3, 0.4) is 0 Å². The van der Waals surface area contributed by atoms with Gasteiger partial charge in [-0.2, -0.15) is 0 Å². The average molecular weight is 377 g/mol. The molecule has 0 saturated heterocycles. The summed E-state index contributed by atoms with van der Waals surface area (Å²) in [5.41, 5.74) is 2.13. The zero-order valence-corrected chi connectivity index (χ0v) is 15.0. The van der Waals surface area contributed by atoms with E-state index in [4.69, 9.17) is 4.74 Å². The van der Waals surface area contributed by atoms with E-state index in [1.54, 1.807) is 7.11 Å². The van der Waals surface area contributed by atoms with Crippen molar-refractivity contribution in [2.75, 3.05) is 20.7 Å². The maximum atomic E-state index is 12.1. The molecule has 0 radical (unpaired) electrons. The van der Waals surface area contributed by atoms with E-state index in [0.29, 0.717) is 19.6 Å². The first-order valence-corrected chi connectivity index (χ1v) is 8.20. The van der Waals surface area contributed by atoms with Gasteiger partial charge in [-0.05, 0) is 24.7 Å². The fraction of sp³-hybridized carbons (Fsp3) is 0.278. The van der Waals surface area contributed by atoms with Crippen LogP contribution in [-0.4, -0.2) is 31.5 Å². The van der Waals surface area contributed by atoms with Gasteiger partial charge in [-0.3, -0.25) is 9.69 Å². The van der Waals surface area contributed by atoms with Crippen LogP contribution >= 0.6 is 15.9 Å². The molecule has 2 rings (SSSR count). The maximum Gasteiger partial charge on any atom is 0.234 e. The SMILES string of the molecule is COc1ccccc1CNC(=O)CN(C)Cc1ccccc1Br. The lowest BCUT2D eigenvalue weighted by Gasteiger charge is -2.17. The minimum Gasteiger partial charge on any atom is -0.496 e. The van der Waals surface area contributed by atoms with E-state index in [9.17, 15) is 4.79 Å². The number of methoxy groups -OCH3 is 1. The molecule has 1 amide bonds. The first kappa shape index (κ1) is 17.5. The largest absolute Gasteiger partial charge is 0.496 e. The number of carbonyl (C=O) groups is 1. The van der Waals surface area contributed by atoms with Crippen molar-refractivity contribution in [1.29, 1.82) is 0 Å². The van der Waals surface area contributed by atoms with Crippen molar-refractivity contribution in [3.63, 3.8) is 0 Å². The Morgan fingerprint density at radius 3 is 2.48 bits per heavy atom. The molecule has 122 valence electrons. The van der Waals surface area contributed by atoms with Crippen LogP contribution in [-0.2, 0) is 17.9 Å². The molecule has 0 atom stereocenters. The Bertz CT molecular complexity index is 661. The standard InChI is InChI=1S/C18H21BrN2O2/c1-21(12-15-8-3-5-9-16(15)19)13-18(22)20-11-14-7-4-6-10-17(14)23-2/h3-10H,11-13H2,1-2H3,(H,20,22). The fourth-order valence-corrected chi connectivity index (χ4v) is 2.73. The molecule has 0 aliphatic carbocycles. The number of amides is 1. The fourth-order valence-electron chi connectivity index (χ4n) is 2.32. The summed E-state index contributed by atoms with van der Waals surface area (Å²) in [6, 6.07) is 15.7. The third-order valence-corrected chi connectivity index (χ3v) is 4.25. The highest BCUT2D eigenvalue weighted by Crippen LogP contribution is 2.18. The summed E-state index contributed by atoms with van der Waals surface area (Å²) in [4.78, 5) is 14.1. The van der Waals surface area contributed by atoms with Crippen LogP contribution in [0, 0.1) is 0 Å². The molecular weight excluding hydrogens is 356 g/mol. The molecule has 0 aliphatic rings. The molecule has 2 aromatic rings. The average Bonchev–Trinajstić information content (AvgIpc) is 2.55. The Morgan fingerprint density at radius 1 is 1.13 bits per heavy atom. The number of likely N-dealkylation sites (N-methyl/N-ethyl adjacent to an activating group) is 1. The summed E-state index contributed by atoms with van der Waals surface area (Å²) in [7, 11) is 3.56. The molecule has 0 heterocycles. The first-order chi connectivity index (χ1) is 11.1. The molecule has 0 spiro atoms. The van der Waals surface area contributed by atoms with E-state index in [1.807, 2.05) is 60.5 Å². The topological polar surface area (TPSA) is 41.6 Å². The number of benzene rings is 2. The van der Waals surface area contributed by atoms with E-state index in [-0.39, 0.29) is 5.91 Å². The smallest absolute Gasteiger partial charge is 0.234 e. The molecule has 1 N–H and O–H groups in total. The Balaban J connectivity index is 1.83. The van der Waals surface area contributed by atoms with Crippen molar-refractivity contribution < 1.29 is 9.53 Å². The highest BCUT2D eigenvalue weighted by Gasteiger charge is 2.09. The van der Waals surface area contributed by atoms with Gasteiger partial charge in [0.25, 0.3) is 0 Å². The third kappa shape index (κ3) is 5.37. The van der Waals surface area contributed by atoms with Crippen molar-refractivity contribution in [2.24, 2.45) is 0 Å². The zero-order chi connectivity index (χ0) is 16.7. The molecule has 0 aliphatic heterocycles. The second kappa shape index (κ2) is 8.70. The van der Waals surface area contributed by atoms with Gasteiger partial charge in [-0.25, -0.2) is 0 Å². The summed E-state index contributed by atoms with van der Waals surface area (Å²) in [5, 5.41) is 2.93. The highest BCUT2D eigenvalue weighted by atomic mass is 79.9. The van der Waals surface area contributed by atoms with E-state index < -0.39 is 0 Å². The minimum atomic E-state index is -0.00883. The van der Waals surface area contributed by atoms with Gasteiger partial charge >= 0.3 is 0 Å². The van der Waals surface area contributed by atoms with E-state index in [2.05, 4.69) is 21.2 Å². The van der Waals surface area contributed by atoms with Crippen LogP contribution in [0.25, 0.3) is 0 Å². The van der Waals surface area contributed by atoms with Gasteiger partial charge in [-0.1, -0.05) is 52.3 Å². The van der Waals surface area contributed by atoms with Gasteiger partial charge in [0, 0.05) is 23.1 Å². The normalized spacial score (nSPS) is 10.6. The van der Waals surface area contributed by atoms with Crippen molar-refractivity contribution in [3.8, 4) is 5.75 Å². The summed E-state index contributed by atoms with van der Waals surface area (Å²) in [6.45, 7) is 1.52. The van der Waals surface area contributed by atoms with Gasteiger partial charge in [0.05, 0.1) is 13.7 Å². The number of hydrogen-bond donors (Lipinski definition) is 1. The Morgan fingerprint density at radius 2 is 1.78 bits per heavy atom. The number of rotatable bonds is 7. The summed E-state index contributed by atoms with van der Waals surface area (Å²) in [6.07, 6.45) is 0. The molecule has 0 fully saturated rings. The molecular formula is C18H21BrN2O2. The molecule has 0 aromatic heterocycles. The van der Waals surface area contributed by atoms with Gasteiger partial charge in [0.2, 0.25) is 5.91 Å². The number of ether oxygens (including phenoxy) is 1. The summed E-state index contributed by atoms with van der Waals surface area (Å²) < 4.78 is 6.34. The Labute approximate surface area is 145 Å². The van der Waals surface area contributed by atoms with Crippen molar-refractivity contribution in [1.82, 2.24) is 10.2 Å². The number of halogens is 1. The summed E-state index contributed by atoms with van der Waals surface area (Å²) >= 11 is 3.53. The molecule has 23 heavy (non-hydrogen) atoms. The van der Waals surface area contributed by atoms with E-state index >= 15 is 0 Å². The number of para-hydroxylation sites is 1. The third-order valence-electron chi connectivity index (χ3n) is 3.48. The van der Waals surface area contributed by atoms with Gasteiger partial charge in [0.15, 0.2) is 0 Å². The lowest BCUT2D eigenvalue weighted by Crippen LogP contribution is -2.34. The monoisotopic (exact) mass is 376 g/mol. The van der Waals surface area contributed by atoms with Crippen molar-refractivity contribution >= 4 is 21.8 Å². The molecule has 0 unspecified atom stereocenters. The van der Waals surface area contributed by atoms with Crippen LogP contribution in [0.1, 0.15) is 11.1 Å². The number of carbonyl (C=O) groups excluding carboxylic acids is 1. The Hall–Kier alpha value is -1.85. The van der Waals surface area contributed by atoms with Gasteiger partial charge in [-0.15, -0.1) is 0 Å². The first-order valence-electron chi connectivity index (χ1n) is 7.40. The molecule has 2 aromatic carbocycles. The lowest BCUT2D eigenvalue weighted by molar-refractivity contribution is -0.122. The number of nitrogens with zero attached hydrogens (tertiary/aromatic N) is 1. The van der Waals surface area contributed by atoms with Crippen LogP contribution in [0.4, 0.5) is 0 Å². The van der Waals surface area contributed by atoms with E-state index in [0.717, 1.165) is 21.3 Å². The van der Waals surface area contributed by atoms with E-state index in [1.165, 1.54) is 0 Å². The van der Waals surface area contributed by atoms with Crippen LogP contribution < -0.4 is 10.1 Å². The van der Waals surface area contributed by atoms with Crippen LogP contribution in [0.15, 0.2) is 53.0 Å². The predicted octanol–water partition coefficient (Wildman–Crippen LogP) is 3.21. The van der Waals surface area contributed by atoms with Gasteiger partial charge < -0.3 is 10.1 Å². The summed E-state index contributed by atoms with van der Waals surface area (Å²) in [5.74, 6) is 0.778. The maximum absolute atomic E-state index is 12.1. The Kier molecular flexibility index (Phi) is 6.62. The lowest BCUT2D eigenvalue weighted by atomic mass is 10.2.